The summed E-state index contributed by atoms with van der Waals surface area (Å²) in [5, 5.41) is 0. The van der Waals surface area contributed by atoms with Crippen LogP contribution in [0.2, 0.25) is 0 Å². The van der Waals surface area contributed by atoms with Gasteiger partial charge in [0.2, 0.25) is 0 Å². The highest BCUT2D eigenvalue weighted by molar-refractivity contribution is 6.23. The Morgan fingerprint density at radius 2 is 0.943 bits per heavy atom. The zero-order valence-electron chi connectivity index (χ0n) is 18.2. The molecule has 2 atom stereocenters. The van der Waals surface area contributed by atoms with Gasteiger partial charge in [0.05, 0.1) is 22.3 Å². The molecule has 10 nitrogen and oxygen atoms in total. The van der Waals surface area contributed by atoms with Gasteiger partial charge in [0, 0.05) is 6.42 Å². The number of hydrogen-bond donors (Lipinski definition) is 0. The Morgan fingerprint density at radius 3 is 1.26 bits per heavy atom. The quantitative estimate of drug-likeness (QED) is 0.349. The van der Waals surface area contributed by atoms with Crippen LogP contribution in [0.3, 0.4) is 0 Å². The van der Waals surface area contributed by atoms with Gasteiger partial charge in [-0.25, -0.2) is 0 Å². The molecule has 0 saturated carbocycles. The molecule has 0 spiro atoms. The van der Waals surface area contributed by atoms with E-state index in [0.29, 0.717) is 0 Å². The van der Waals surface area contributed by atoms with E-state index in [9.17, 15) is 28.8 Å². The minimum atomic E-state index is -0.785. The van der Waals surface area contributed by atoms with E-state index < -0.39 is 60.9 Å². The van der Waals surface area contributed by atoms with Gasteiger partial charge in [-0.05, 0) is 36.4 Å². The van der Waals surface area contributed by atoms with E-state index in [4.69, 9.17) is 9.47 Å². The molecule has 0 aromatic heterocycles. The Morgan fingerprint density at radius 1 is 0.629 bits per heavy atom. The number of carbonyl (C=O) groups excluding carboxylic acids is 6. The second kappa shape index (κ2) is 8.64. The summed E-state index contributed by atoms with van der Waals surface area (Å²) in [5.41, 5.74) is 0.930. The van der Waals surface area contributed by atoms with Gasteiger partial charge in [0.15, 0.2) is 0 Å². The van der Waals surface area contributed by atoms with Crippen molar-refractivity contribution in [3.8, 4) is 0 Å². The monoisotopic (exact) mass is 474 g/mol. The van der Waals surface area contributed by atoms with Crippen LogP contribution in [0.5, 0.6) is 0 Å². The maximum absolute atomic E-state index is 12.4. The third kappa shape index (κ3) is 3.99. The van der Waals surface area contributed by atoms with Gasteiger partial charge >= 0.3 is 11.9 Å². The van der Waals surface area contributed by atoms with Crippen molar-refractivity contribution in [2.24, 2.45) is 0 Å². The molecule has 0 saturated heterocycles. The first-order chi connectivity index (χ1) is 16.8. The molecule has 0 bridgehead atoms. The van der Waals surface area contributed by atoms with Crippen molar-refractivity contribution in [3.05, 3.63) is 82.9 Å². The number of benzene rings is 2. The fourth-order valence-electron chi connectivity index (χ4n) is 4.24. The molecule has 2 aromatic carbocycles. The molecule has 4 amide bonds. The van der Waals surface area contributed by atoms with Gasteiger partial charge in [-0.1, -0.05) is 24.3 Å². The van der Waals surface area contributed by atoms with Gasteiger partial charge in [0.1, 0.15) is 25.3 Å². The zero-order chi connectivity index (χ0) is 24.7. The van der Waals surface area contributed by atoms with Crippen LogP contribution in [0.4, 0.5) is 0 Å². The average Bonchev–Trinajstić information content (AvgIpc) is 3.46. The summed E-state index contributed by atoms with van der Waals surface area (Å²) in [6.07, 6.45) is 1.73. The van der Waals surface area contributed by atoms with Gasteiger partial charge in [-0.3, -0.25) is 38.6 Å². The molecule has 0 radical (unpaired) electrons. The maximum atomic E-state index is 12.4. The van der Waals surface area contributed by atoms with Crippen LogP contribution in [0.25, 0.3) is 0 Å². The van der Waals surface area contributed by atoms with Gasteiger partial charge in [-0.15, -0.1) is 0 Å². The number of amides is 4. The number of carbonyl (C=O) groups is 6. The van der Waals surface area contributed by atoms with Crippen molar-refractivity contribution in [1.82, 2.24) is 9.80 Å². The summed E-state index contributed by atoms with van der Waals surface area (Å²) in [6, 6.07) is 12.6. The maximum Gasteiger partial charge on any atom is 0.326 e. The summed E-state index contributed by atoms with van der Waals surface area (Å²) >= 11 is 0. The number of imide groups is 2. The first kappa shape index (κ1) is 22.2. The highest BCUT2D eigenvalue weighted by Gasteiger charge is 2.38. The van der Waals surface area contributed by atoms with E-state index in [-0.39, 0.29) is 28.7 Å². The van der Waals surface area contributed by atoms with Crippen LogP contribution in [-0.2, 0) is 19.1 Å². The smallest absolute Gasteiger partial charge is 0.326 e. The van der Waals surface area contributed by atoms with Crippen molar-refractivity contribution in [2.75, 3.05) is 13.1 Å². The molecule has 5 rings (SSSR count). The number of hydrogen-bond acceptors (Lipinski definition) is 8. The van der Waals surface area contributed by atoms with E-state index >= 15 is 0 Å². The van der Waals surface area contributed by atoms with E-state index in [1.807, 2.05) is 0 Å². The summed E-state index contributed by atoms with van der Waals surface area (Å²) in [5.74, 6) is -3.83. The Kier molecular flexibility index (Phi) is 5.48. The summed E-state index contributed by atoms with van der Waals surface area (Å²) in [6.45, 7) is -1.08. The number of nitrogens with zero attached hydrogens (tertiary/aromatic N) is 2. The third-order valence-electron chi connectivity index (χ3n) is 5.90. The van der Waals surface area contributed by atoms with Crippen molar-refractivity contribution in [2.45, 2.75) is 18.6 Å². The third-order valence-corrected chi connectivity index (χ3v) is 5.90. The highest BCUT2D eigenvalue weighted by Crippen LogP contribution is 2.24. The molecule has 0 N–H and O–H groups in total. The summed E-state index contributed by atoms with van der Waals surface area (Å²) in [7, 11) is 0. The Balaban J connectivity index is 1.11. The van der Waals surface area contributed by atoms with Gasteiger partial charge in [0.25, 0.3) is 23.6 Å². The van der Waals surface area contributed by atoms with Crippen LogP contribution in [0, 0.1) is 0 Å². The zero-order valence-corrected chi connectivity index (χ0v) is 18.2. The molecule has 2 heterocycles. The SMILES string of the molecule is O=C(CN1C(=O)c2ccccc2C1=O)O[C@@H]1C=C[C@H](OC(=O)CN2C(=O)c3ccccc3C2=O)C1. The lowest BCUT2D eigenvalue weighted by Crippen LogP contribution is -2.37. The van der Waals surface area contributed by atoms with Crippen LogP contribution in [-0.4, -0.2) is 70.7 Å². The molecule has 0 fully saturated rings. The molecular weight excluding hydrogens is 456 g/mol. The van der Waals surface area contributed by atoms with E-state index in [0.717, 1.165) is 9.80 Å². The van der Waals surface area contributed by atoms with Crippen LogP contribution < -0.4 is 0 Å². The molecule has 3 aliphatic rings. The predicted molar refractivity (Wildman–Crippen MR) is 117 cm³/mol. The Bertz CT molecular complexity index is 1160. The molecule has 35 heavy (non-hydrogen) atoms. The number of ether oxygens (including phenoxy) is 2. The second-order valence-electron chi connectivity index (χ2n) is 8.16. The standard InChI is InChI=1S/C25H18N2O8/c28-20(12-26-22(30)16-5-1-2-6-17(16)23(26)31)34-14-9-10-15(11-14)35-21(29)13-27-24(32)18-7-3-4-8-19(18)25(27)33/h1-10,14-15H,11-13H2/t14-,15+. The summed E-state index contributed by atoms with van der Waals surface area (Å²) < 4.78 is 10.6. The van der Waals surface area contributed by atoms with Crippen molar-refractivity contribution in [1.29, 1.82) is 0 Å². The normalized spacial score (nSPS) is 20.3. The molecule has 2 aliphatic heterocycles. The van der Waals surface area contributed by atoms with Crippen molar-refractivity contribution >= 4 is 35.6 Å². The molecule has 2 aromatic rings. The first-order valence-corrected chi connectivity index (χ1v) is 10.8. The largest absolute Gasteiger partial charge is 0.457 e. The predicted octanol–water partition coefficient (Wildman–Crippen LogP) is 1.36. The second-order valence-corrected chi connectivity index (χ2v) is 8.16. The lowest BCUT2D eigenvalue weighted by atomic mass is 10.1. The van der Waals surface area contributed by atoms with Crippen LogP contribution in [0.1, 0.15) is 47.9 Å². The van der Waals surface area contributed by atoms with E-state index in [1.54, 1.807) is 24.3 Å². The van der Waals surface area contributed by atoms with Gasteiger partial charge < -0.3 is 9.47 Å². The molecule has 176 valence electrons. The van der Waals surface area contributed by atoms with E-state index in [1.165, 1.54) is 36.4 Å². The van der Waals surface area contributed by atoms with Crippen LogP contribution in [0.15, 0.2) is 60.7 Å². The molecule has 10 heteroatoms. The minimum absolute atomic E-state index is 0.127. The van der Waals surface area contributed by atoms with Gasteiger partial charge in [-0.2, -0.15) is 0 Å². The fraction of sp³-hybridized carbons (Fsp3) is 0.200. The first-order valence-electron chi connectivity index (χ1n) is 10.8. The Hall–Kier alpha value is -4.60. The lowest BCUT2D eigenvalue weighted by Gasteiger charge is -2.18. The average molecular weight is 474 g/mol. The molecular formula is C25H18N2O8. The van der Waals surface area contributed by atoms with E-state index in [2.05, 4.69) is 0 Å². The topological polar surface area (TPSA) is 127 Å². The Labute approximate surface area is 198 Å². The molecule has 0 unspecified atom stereocenters. The minimum Gasteiger partial charge on any atom is -0.457 e. The number of fused-ring (bicyclic) bond motifs is 2. The number of esters is 2. The van der Waals surface area contributed by atoms with Crippen molar-refractivity contribution in [3.63, 3.8) is 0 Å². The van der Waals surface area contributed by atoms with Crippen LogP contribution >= 0.6 is 0 Å². The lowest BCUT2D eigenvalue weighted by molar-refractivity contribution is -0.150. The van der Waals surface area contributed by atoms with Crippen molar-refractivity contribution < 1.29 is 38.2 Å². The highest BCUT2D eigenvalue weighted by atomic mass is 16.6. The number of rotatable bonds is 6. The summed E-state index contributed by atoms with van der Waals surface area (Å²) in [4.78, 5) is 75.9. The molecule has 1 aliphatic carbocycles. The fourth-order valence-corrected chi connectivity index (χ4v) is 4.24.